The third kappa shape index (κ3) is 5.25. The van der Waals surface area contributed by atoms with Crippen LogP contribution in [0.4, 0.5) is 0 Å². The normalized spacial score (nSPS) is 14.7. The van der Waals surface area contributed by atoms with Crippen molar-refractivity contribution in [3.05, 3.63) is 35.4 Å². The Balaban J connectivity index is 0.000000219. The molecular formula is C15H18O6. The Kier molecular flexibility index (Phi) is 6.39. The summed E-state index contributed by atoms with van der Waals surface area (Å²) in [7, 11) is 0. The van der Waals surface area contributed by atoms with Gasteiger partial charge in [0.15, 0.2) is 0 Å². The number of benzene rings is 1. The molecule has 1 aliphatic rings. The van der Waals surface area contributed by atoms with Crippen molar-refractivity contribution in [1.29, 1.82) is 0 Å². The molecule has 114 valence electrons. The van der Waals surface area contributed by atoms with E-state index < -0.39 is 17.9 Å². The van der Waals surface area contributed by atoms with Gasteiger partial charge in [0.2, 0.25) is 0 Å². The summed E-state index contributed by atoms with van der Waals surface area (Å²) in [4.78, 5) is 31.3. The summed E-state index contributed by atoms with van der Waals surface area (Å²) in [6.45, 7) is 0. The van der Waals surface area contributed by atoms with Crippen molar-refractivity contribution >= 4 is 17.9 Å². The quantitative estimate of drug-likeness (QED) is 0.790. The number of carboxylic acids is 3. The highest BCUT2D eigenvalue weighted by atomic mass is 16.4. The standard InChI is InChI=1S/C8H6O4.C7H12O2/c9-7(10)5-3-1-2-4-6(5)8(11)12;8-7(9)6-4-2-1-3-5-6/h1-4H,(H,9,10)(H,11,12);6H,1-5H2,(H,8,9). The minimum absolute atomic E-state index is 0.0289. The zero-order valence-electron chi connectivity index (χ0n) is 11.5. The van der Waals surface area contributed by atoms with Crippen molar-refractivity contribution in [2.45, 2.75) is 32.1 Å². The monoisotopic (exact) mass is 294 g/mol. The summed E-state index contributed by atoms with van der Waals surface area (Å²) in [5.74, 6) is -3.09. The van der Waals surface area contributed by atoms with Crippen LogP contribution in [-0.2, 0) is 4.79 Å². The largest absolute Gasteiger partial charge is 0.481 e. The Labute approximate surface area is 122 Å². The van der Waals surface area contributed by atoms with Crippen molar-refractivity contribution < 1.29 is 29.7 Å². The van der Waals surface area contributed by atoms with Crippen molar-refractivity contribution in [1.82, 2.24) is 0 Å². The van der Waals surface area contributed by atoms with E-state index in [4.69, 9.17) is 15.3 Å². The van der Waals surface area contributed by atoms with Gasteiger partial charge >= 0.3 is 17.9 Å². The Bertz CT molecular complexity index is 484. The van der Waals surface area contributed by atoms with Gasteiger partial charge in [0.1, 0.15) is 0 Å². The molecule has 3 N–H and O–H groups in total. The third-order valence-corrected chi connectivity index (χ3v) is 3.34. The van der Waals surface area contributed by atoms with E-state index in [-0.39, 0.29) is 17.0 Å². The number of aliphatic carboxylic acids is 1. The molecule has 0 heterocycles. The first-order valence-corrected chi connectivity index (χ1v) is 6.72. The molecule has 0 unspecified atom stereocenters. The lowest BCUT2D eigenvalue weighted by Crippen LogP contribution is -2.16. The molecule has 0 spiro atoms. The fourth-order valence-corrected chi connectivity index (χ4v) is 2.21. The summed E-state index contributed by atoms with van der Waals surface area (Å²) in [6.07, 6.45) is 5.24. The number of hydrogen-bond acceptors (Lipinski definition) is 3. The molecule has 1 saturated carbocycles. The van der Waals surface area contributed by atoms with Gasteiger partial charge in [0, 0.05) is 0 Å². The SMILES string of the molecule is O=C(O)C1CCCCC1.O=C(O)c1ccccc1C(=O)O. The van der Waals surface area contributed by atoms with Gasteiger partial charge in [-0.05, 0) is 25.0 Å². The van der Waals surface area contributed by atoms with E-state index in [1.54, 1.807) is 0 Å². The Morgan fingerprint density at radius 2 is 1.24 bits per heavy atom. The second-order valence-corrected chi connectivity index (χ2v) is 4.83. The molecule has 21 heavy (non-hydrogen) atoms. The van der Waals surface area contributed by atoms with Crippen LogP contribution < -0.4 is 0 Å². The molecule has 0 atom stereocenters. The highest BCUT2D eigenvalue weighted by Crippen LogP contribution is 2.23. The second-order valence-electron chi connectivity index (χ2n) is 4.83. The molecule has 0 aliphatic heterocycles. The molecule has 0 radical (unpaired) electrons. The van der Waals surface area contributed by atoms with Crippen molar-refractivity contribution in [3.63, 3.8) is 0 Å². The van der Waals surface area contributed by atoms with Gasteiger partial charge in [-0.25, -0.2) is 9.59 Å². The number of rotatable bonds is 3. The first kappa shape index (κ1) is 16.7. The van der Waals surface area contributed by atoms with E-state index in [2.05, 4.69) is 0 Å². The van der Waals surface area contributed by atoms with Crippen molar-refractivity contribution in [2.24, 2.45) is 5.92 Å². The molecule has 1 aromatic rings. The predicted octanol–water partition coefficient (Wildman–Crippen LogP) is 2.73. The van der Waals surface area contributed by atoms with Crippen LogP contribution in [0.25, 0.3) is 0 Å². The Morgan fingerprint density at radius 3 is 1.52 bits per heavy atom. The number of aromatic carboxylic acids is 2. The minimum Gasteiger partial charge on any atom is -0.481 e. The molecule has 0 bridgehead atoms. The molecule has 0 aromatic heterocycles. The van der Waals surface area contributed by atoms with E-state index in [0.29, 0.717) is 0 Å². The van der Waals surface area contributed by atoms with Crippen LogP contribution in [0.5, 0.6) is 0 Å². The highest BCUT2D eigenvalue weighted by molar-refractivity contribution is 6.01. The van der Waals surface area contributed by atoms with Crippen molar-refractivity contribution in [2.75, 3.05) is 0 Å². The van der Waals surface area contributed by atoms with Crippen LogP contribution in [0.3, 0.4) is 0 Å². The molecule has 6 heteroatoms. The number of carbonyl (C=O) groups is 3. The summed E-state index contributed by atoms with van der Waals surface area (Å²) in [6, 6.07) is 5.48. The molecule has 0 amide bonds. The van der Waals surface area contributed by atoms with Crippen LogP contribution >= 0.6 is 0 Å². The maximum absolute atomic E-state index is 10.5. The zero-order chi connectivity index (χ0) is 15.8. The van der Waals surface area contributed by atoms with Gasteiger partial charge in [-0.1, -0.05) is 31.4 Å². The lowest BCUT2D eigenvalue weighted by molar-refractivity contribution is -0.142. The lowest BCUT2D eigenvalue weighted by Gasteiger charge is -2.16. The van der Waals surface area contributed by atoms with Crippen LogP contribution in [0.2, 0.25) is 0 Å². The van der Waals surface area contributed by atoms with Crippen LogP contribution in [-0.4, -0.2) is 33.2 Å². The summed E-state index contributed by atoms with van der Waals surface area (Å²) in [5.41, 5.74) is -0.380. The van der Waals surface area contributed by atoms with E-state index in [1.165, 1.54) is 30.7 Å². The topological polar surface area (TPSA) is 112 Å². The second kappa shape index (κ2) is 8.04. The van der Waals surface area contributed by atoms with Gasteiger partial charge < -0.3 is 15.3 Å². The molecule has 6 nitrogen and oxygen atoms in total. The molecule has 1 fully saturated rings. The molecule has 0 saturated heterocycles. The fourth-order valence-electron chi connectivity index (χ4n) is 2.21. The van der Waals surface area contributed by atoms with Gasteiger partial charge in [0.25, 0.3) is 0 Å². The molecular weight excluding hydrogens is 276 g/mol. The smallest absolute Gasteiger partial charge is 0.336 e. The third-order valence-electron chi connectivity index (χ3n) is 3.34. The van der Waals surface area contributed by atoms with Gasteiger partial charge in [0.05, 0.1) is 17.0 Å². The van der Waals surface area contributed by atoms with E-state index >= 15 is 0 Å². The minimum atomic E-state index is -1.23. The Morgan fingerprint density at radius 1 is 0.810 bits per heavy atom. The van der Waals surface area contributed by atoms with Crippen LogP contribution in [0.1, 0.15) is 52.8 Å². The predicted molar refractivity (Wildman–Crippen MR) is 74.6 cm³/mol. The van der Waals surface area contributed by atoms with Gasteiger partial charge in [-0.15, -0.1) is 0 Å². The lowest BCUT2D eigenvalue weighted by atomic mass is 9.90. The summed E-state index contributed by atoms with van der Waals surface area (Å²) < 4.78 is 0. The molecule has 1 aromatic carbocycles. The van der Waals surface area contributed by atoms with E-state index in [1.807, 2.05) is 0 Å². The average molecular weight is 294 g/mol. The van der Waals surface area contributed by atoms with Crippen molar-refractivity contribution in [3.8, 4) is 0 Å². The van der Waals surface area contributed by atoms with Gasteiger partial charge in [-0.3, -0.25) is 4.79 Å². The fraction of sp³-hybridized carbons (Fsp3) is 0.400. The summed E-state index contributed by atoms with van der Waals surface area (Å²) >= 11 is 0. The average Bonchev–Trinajstić information content (AvgIpc) is 2.48. The zero-order valence-corrected chi connectivity index (χ0v) is 11.5. The maximum atomic E-state index is 10.5. The first-order chi connectivity index (χ1) is 9.93. The van der Waals surface area contributed by atoms with Gasteiger partial charge in [-0.2, -0.15) is 0 Å². The number of hydrogen-bond donors (Lipinski definition) is 3. The highest BCUT2D eigenvalue weighted by Gasteiger charge is 2.19. The Hall–Kier alpha value is -2.37. The maximum Gasteiger partial charge on any atom is 0.336 e. The summed E-state index contributed by atoms with van der Waals surface area (Å²) in [5, 5.41) is 25.6. The molecule has 1 aliphatic carbocycles. The van der Waals surface area contributed by atoms with Crippen LogP contribution in [0.15, 0.2) is 24.3 Å². The molecule has 2 rings (SSSR count). The van der Waals surface area contributed by atoms with Crippen LogP contribution in [0, 0.1) is 5.92 Å². The van der Waals surface area contributed by atoms with E-state index in [9.17, 15) is 14.4 Å². The van der Waals surface area contributed by atoms with E-state index in [0.717, 1.165) is 25.7 Å². The first-order valence-electron chi connectivity index (χ1n) is 6.72. The number of carboxylic acid groups (broad SMARTS) is 3.